The lowest BCUT2D eigenvalue weighted by Crippen LogP contribution is -2.46. The number of rotatable bonds is 5. The van der Waals surface area contributed by atoms with E-state index in [1.165, 1.54) is 12.1 Å². The van der Waals surface area contributed by atoms with Gasteiger partial charge in [-0.15, -0.1) is 0 Å². The van der Waals surface area contributed by atoms with Gasteiger partial charge < -0.3 is 10.2 Å². The highest BCUT2D eigenvalue weighted by Crippen LogP contribution is 2.18. The number of sulfone groups is 1. The first kappa shape index (κ1) is 17.8. The average molecular weight is 346 g/mol. The third kappa shape index (κ3) is 4.71. The Labute approximate surface area is 134 Å². The third-order valence-electron chi connectivity index (χ3n) is 3.84. The fourth-order valence-corrected chi connectivity index (χ4v) is 3.37. The summed E-state index contributed by atoms with van der Waals surface area (Å²) in [6, 6.07) is 5.11. The van der Waals surface area contributed by atoms with E-state index in [4.69, 9.17) is 0 Å². The molecule has 0 aliphatic carbocycles. The lowest BCUT2D eigenvalue weighted by Gasteiger charge is -2.30. The molecule has 1 aliphatic rings. The van der Waals surface area contributed by atoms with Crippen molar-refractivity contribution >= 4 is 15.7 Å². The van der Waals surface area contributed by atoms with Crippen LogP contribution >= 0.6 is 0 Å². The van der Waals surface area contributed by atoms with Gasteiger partial charge >= 0.3 is 5.76 Å². The number of benzene rings is 1. The molecule has 8 heteroatoms. The summed E-state index contributed by atoms with van der Waals surface area (Å²) in [6.45, 7) is 1.82. The zero-order valence-electron chi connectivity index (χ0n) is 12.8. The molecule has 1 N–H and O–H groups in total. The van der Waals surface area contributed by atoms with Gasteiger partial charge in [0, 0.05) is 12.6 Å². The number of carbonyl (C=O) groups excluding carboxylic acids is 1. The summed E-state index contributed by atoms with van der Waals surface area (Å²) in [5, 5.41) is 2.94. The first-order valence-corrected chi connectivity index (χ1v) is 8.92. The molecule has 1 aromatic rings. The van der Waals surface area contributed by atoms with E-state index in [1.54, 1.807) is 0 Å². The van der Waals surface area contributed by atoms with E-state index >= 15 is 0 Å². The lowest BCUT2D eigenvalue weighted by molar-refractivity contribution is -0.121. The molecule has 1 saturated heterocycles. The number of likely N-dealkylation sites (N-methyl/N-ethyl adjacent to an activating group) is 1. The van der Waals surface area contributed by atoms with Gasteiger partial charge in [0.05, 0.1) is 11.3 Å². The monoisotopic (exact) mass is 346 g/mol. The van der Waals surface area contributed by atoms with Crippen molar-refractivity contribution in [3.63, 3.8) is 0 Å². The molecule has 0 spiro atoms. The highest BCUT2D eigenvalue weighted by molar-refractivity contribution is 7.91. The van der Waals surface area contributed by atoms with Crippen molar-refractivity contribution in [2.24, 2.45) is 0 Å². The first-order valence-electron chi connectivity index (χ1n) is 7.38. The zero-order chi connectivity index (χ0) is 17.0. The largest absolute Gasteiger partial charge is 0.352 e. The number of amides is 1. The molecule has 1 heterocycles. The van der Waals surface area contributed by atoms with Crippen LogP contribution in [-0.4, -0.2) is 51.2 Å². The van der Waals surface area contributed by atoms with E-state index in [-0.39, 0.29) is 18.4 Å². The van der Waals surface area contributed by atoms with E-state index in [0.29, 0.717) is 5.56 Å². The Hall–Kier alpha value is -1.54. The molecule has 1 atom stereocenters. The topological polar surface area (TPSA) is 66.5 Å². The van der Waals surface area contributed by atoms with Gasteiger partial charge in [0.1, 0.15) is 0 Å². The Bertz CT molecular complexity index is 647. The van der Waals surface area contributed by atoms with Gasteiger partial charge in [0.25, 0.3) is 0 Å². The van der Waals surface area contributed by atoms with Crippen LogP contribution in [0, 0.1) is 0 Å². The van der Waals surface area contributed by atoms with Gasteiger partial charge in [0.15, 0.2) is 0 Å². The quantitative estimate of drug-likeness (QED) is 0.876. The lowest BCUT2D eigenvalue weighted by atomic mass is 10.1. The van der Waals surface area contributed by atoms with Crippen LogP contribution in [0.5, 0.6) is 0 Å². The second kappa shape index (κ2) is 7.35. The molecule has 1 amide bonds. The number of piperidine rings is 1. The number of nitrogens with one attached hydrogen (secondary N) is 1. The smallest absolute Gasteiger partial charge is 0.341 e. The molecule has 5 nitrogen and oxygen atoms in total. The third-order valence-corrected chi connectivity index (χ3v) is 5.24. The molecule has 0 aromatic heterocycles. The molecule has 1 aromatic carbocycles. The average Bonchev–Trinajstić information content (AvgIpc) is 2.47. The number of carbonyl (C=O) groups is 1. The van der Waals surface area contributed by atoms with Crippen LogP contribution < -0.4 is 5.32 Å². The minimum atomic E-state index is -4.59. The fourth-order valence-electron chi connectivity index (χ4n) is 2.65. The van der Waals surface area contributed by atoms with Crippen LogP contribution in [0.1, 0.15) is 18.4 Å². The molecular weight excluding hydrogens is 326 g/mol. The van der Waals surface area contributed by atoms with Crippen LogP contribution in [0.15, 0.2) is 29.2 Å². The Morgan fingerprint density at radius 3 is 2.57 bits per heavy atom. The Morgan fingerprint density at radius 1 is 1.35 bits per heavy atom. The predicted molar refractivity (Wildman–Crippen MR) is 82.0 cm³/mol. The van der Waals surface area contributed by atoms with Crippen molar-refractivity contribution in [3.05, 3.63) is 29.8 Å². The SMILES string of the molecule is CN1CCC[C@@H](NC(=O)Cc2ccc(S(=O)(=O)C(F)F)cc2)C1. The molecule has 2 rings (SSSR count). The summed E-state index contributed by atoms with van der Waals surface area (Å²) in [4.78, 5) is 13.7. The highest BCUT2D eigenvalue weighted by atomic mass is 32.2. The van der Waals surface area contributed by atoms with Crippen molar-refractivity contribution < 1.29 is 22.0 Å². The summed E-state index contributed by atoms with van der Waals surface area (Å²) < 4.78 is 47.5. The van der Waals surface area contributed by atoms with Gasteiger partial charge in [-0.3, -0.25) is 4.79 Å². The molecule has 0 saturated carbocycles. The predicted octanol–water partition coefficient (Wildman–Crippen LogP) is 1.44. The molecule has 128 valence electrons. The fraction of sp³-hybridized carbons (Fsp3) is 0.533. The van der Waals surface area contributed by atoms with Gasteiger partial charge in [-0.2, -0.15) is 8.78 Å². The zero-order valence-corrected chi connectivity index (χ0v) is 13.7. The maximum Gasteiger partial charge on any atom is 0.341 e. The minimum Gasteiger partial charge on any atom is -0.352 e. The summed E-state index contributed by atoms with van der Waals surface area (Å²) in [5.41, 5.74) is 0.583. The van der Waals surface area contributed by atoms with Crippen LogP contribution in [-0.2, 0) is 21.1 Å². The van der Waals surface area contributed by atoms with E-state index in [9.17, 15) is 22.0 Å². The van der Waals surface area contributed by atoms with Crippen molar-refractivity contribution in [2.45, 2.75) is 36.0 Å². The number of nitrogens with zero attached hydrogens (tertiary/aromatic N) is 1. The van der Waals surface area contributed by atoms with Gasteiger partial charge in [0.2, 0.25) is 15.7 Å². The minimum absolute atomic E-state index is 0.0925. The standard InChI is InChI=1S/C15H20F2N2O3S/c1-19-8-2-3-12(10-19)18-14(20)9-11-4-6-13(7-5-11)23(21,22)15(16)17/h4-7,12,15H,2-3,8-10H2,1H3,(H,18,20)/t12-/m1/s1. The van der Waals surface area contributed by atoms with Gasteiger partial charge in [-0.25, -0.2) is 8.42 Å². The van der Waals surface area contributed by atoms with Crippen molar-refractivity contribution in [3.8, 4) is 0 Å². The Balaban J connectivity index is 1.94. The van der Waals surface area contributed by atoms with Crippen molar-refractivity contribution in [1.82, 2.24) is 10.2 Å². The van der Waals surface area contributed by atoms with Crippen molar-refractivity contribution in [2.75, 3.05) is 20.1 Å². The van der Waals surface area contributed by atoms with Crippen LogP contribution in [0.4, 0.5) is 8.78 Å². The molecule has 23 heavy (non-hydrogen) atoms. The van der Waals surface area contributed by atoms with Crippen LogP contribution in [0.2, 0.25) is 0 Å². The molecule has 0 unspecified atom stereocenters. The number of hydrogen-bond donors (Lipinski definition) is 1. The second-order valence-electron chi connectivity index (χ2n) is 5.80. The summed E-state index contributed by atoms with van der Waals surface area (Å²) in [5.74, 6) is -3.60. The van der Waals surface area contributed by atoms with Gasteiger partial charge in [-0.1, -0.05) is 12.1 Å². The molecule has 1 aliphatic heterocycles. The first-order chi connectivity index (χ1) is 10.8. The number of hydrogen-bond acceptors (Lipinski definition) is 4. The maximum atomic E-state index is 12.4. The summed E-state index contributed by atoms with van der Waals surface area (Å²) in [6.07, 6.45) is 2.05. The maximum absolute atomic E-state index is 12.4. The Morgan fingerprint density at radius 2 is 2.00 bits per heavy atom. The second-order valence-corrected chi connectivity index (χ2v) is 7.71. The van der Waals surface area contributed by atoms with Crippen LogP contribution in [0.25, 0.3) is 0 Å². The number of alkyl halides is 2. The van der Waals surface area contributed by atoms with E-state index in [0.717, 1.165) is 38.1 Å². The molecule has 0 radical (unpaired) electrons. The molecular formula is C15H20F2N2O3S. The van der Waals surface area contributed by atoms with Crippen molar-refractivity contribution in [1.29, 1.82) is 0 Å². The van der Waals surface area contributed by atoms with E-state index < -0.39 is 20.5 Å². The molecule has 1 fully saturated rings. The van der Waals surface area contributed by atoms with Gasteiger partial charge in [-0.05, 0) is 44.1 Å². The normalized spacial score (nSPS) is 19.7. The highest BCUT2D eigenvalue weighted by Gasteiger charge is 2.26. The number of likely N-dealkylation sites (tertiary alicyclic amines) is 1. The summed E-state index contributed by atoms with van der Waals surface area (Å²) >= 11 is 0. The van der Waals surface area contributed by atoms with Crippen LogP contribution in [0.3, 0.4) is 0 Å². The van der Waals surface area contributed by atoms with E-state index in [2.05, 4.69) is 10.2 Å². The Kier molecular flexibility index (Phi) is 5.69. The molecule has 0 bridgehead atoms. The summed E-state index contributed by atoms with van der Waals surface area (Å²) in [7, 11) is -2.59. The number of halogens is 2. The van der Waals surface area contributed by atoms with E-state index in [1.807, 2.05) is 7.05 Å².